The molecule has 0 atom stereocenters. The van der Waals surface area contributed by atoms with Gasteiger partial charge in [0.1, 0.15) is 0 Å². The van der Waals surface area contributed by atoms with Crippen molar-refractivity contribution in [3.05, 3.63) is 52.4 Å². The molecule has 1 aromatic carbocycles. The van der Waals surface area contributed by atoms with Crippen LogP contribution in [-0.4, -0.2) is 14.4 Å². The lowest BCUT2D eigenvalue weighted by Gasteiger charge is -2.07. The van der Waals surface area contributed by atoms with Crippen LogP contribution >= 0.6 is 11.3 Å². The lowest BCUT2D eigenvalue weighted by Crippen LogP contribution is -2.10. The lowest BCUT2D eigenvalue weighted by atomic mass is 10.1. The highest BCUT2D eigenvalue weighted by Gasteiger charge is 2.13. The third-order valence-electron chi connectivity index (χ3n) is 2.98. The van der Waals surface area contributed by atoms with E-state index < -0.39 is 0 Å². The third kappa shape index (κ3) is 1.22. The predicted octanol–water partition coefficient (Wildman–Crippen LogP) is 2.41. The molecule has 4 nitrogen and oxygen atoms in total. The monoisotopic (exact) mass is 253 g/mol. The van der Waals surface area contributed by atoms with Crippen molar-refractivity contribution in [2.24, 2.45) is 0 Å². The molecule has 0 spiro atoms. The molecule has 3 heterocycles. The summed E-state index contributed by atoms with van der Waals surface area (Å²) in [7, 11) is 0. The standard InChI is InChI=1S/C13H7N3OS/c17-12-9-4-2-1-3-8(9)10-7-16-5-6-18-13(16)15-11(10)14-12/h1-7H. The van der Waals surface area contributed by atoms with Gasteiger partial charge in [0.05, 0.1) is 0 Å². The van der Waals surface area contributed by atoms with Crippen molar-refractivity contribution in [2.45, 2.75) is 0 Å². The predicted molar refractivity (Wildman–Crippen MR) is 71.3 cm³/mol. The Kier molecular flexibility index (Phi) is 1.82. The minimum absolute atomic E-state index is 0.216. The minimum Gasteiger partial charge on any atom is -0.298 e. The number of thiazole rings is 1. The SMILES string of the molecule is O=c1nc2nc3sccn3cc-2c2ccccc12. The summed E-state index contributed by atoms with van der Waals surface area (Å²) in [5, 5.41) is 3.50. The quantitative estimate of drug-likeness (QED) is 0.452. The maximum absolute atomic E-state index is 11.9. The first kappa shape index (κ1) is 9.73. The van der Waals surface area contributed by atoms with E-state index in [9.17, 15) is 4.79 Å². The summed E-state index contributed by atoms with van der Waals surface area (Å²) in [4.78, 5) is 21.2. The van der Waals surface area contributed by atoms with E-state index in [0.717, 1.165) is 15.9 Å². The maximum Gasteiger partial charge on any atom is 0.279 e. The van der Waals surface area contributed by atoms with Crippen LogP contribution in [0.2, 0.25) is 0 Å². The van der Waals surface area contributed by atoms with Crippen LogP contribution in [0.1, 0.15) is 0 Å². The summed E-state index contributed by atoms with van der Waals surface area (Å²) in [6, 6.07) is 7.50. The molecule has 5 heteroatoms. The molecule has 0 fully saturated rings. The normalized spacial score (nSPS) is 11.6. The van der Waals surface area contributed by atoms with Crippen molar-refractivity contribution in [1.82, 2.24) is 14.4 Å². The molecule has 86 valence electrons. The zero-order valence-electron chi connectivity index (χ0n) is 9.20. The minimum atomic E-state index is -0.216. The van der Waals surface area contributed by atoms with E-state index in [4.69, 9.17) is 0 Å². The number of hydrogen-bond acceptors (Lipinski definition) is 4. The third-order valence-corrected chi connectivity index (χ3v) is 3.75. The number of hydrogen-bond donors (Lipinski definition) is 0. The molecule has 0 amide bonds. The highest BCUT2D eigenvalue weighted by Crippen LogP contribution is 2.26. The Labute approximate surface area is 106 Å². The summed E-state index contributed by atoms with van der Waals surface area (Å²) >= 11 is 1.52. The first-order valence-electron chi connectivity index (χ1n) is 5.48. The van der Waals surface area contributed by atoms with Crippen LogP contribution in [0.5, 0.6) is 0 Å². The van der Waals surface area contributed by atoms with Crippen LogP contribution in [0.4, 0.5) is 0 Å². The molecule has 2 aromatic rings. The molecule has 2 aliphatic heterocycles. The van der Waals surface area contributed by atoms with Crippen LogP contribution in [0.25, 0.3) is 27.1 Å². The largest absolute Gasteiger partial charge is 0.298 e. The van der Waals surface area contributed by atoms with Crippen molar-refractivity contribution < 1.29 is 0 Å². The molecule has 0 saturated heterocycles. The summed E-state index contributed by atoms with van der Waals surface area (Å²) < 4.78 is 1.95. The molecule has 2 aliphatic rings. The summed E-state index contributed by atoms with van der Waals surface area (Å²) in [5.41, 5.74) is 0.688. The number of rotatable bonds is 0. The Morgan fingerprint density at radius 3 is 2.83 bits per heavy atom. The molecule has 0 aliphatic carbocycles. The van der Waals surface area contributed by atoms with E-state index in [0.29, 0.717) is 11.2 Å². The first-order chi connectivity index (χ1) is 8.83. The van der Waals surface area contributed by atoms with E-state index in [2.05, 4.69) is 9.97 Å². The fraction of sp³-hybridized carbons (Fsp3) is 0. The van der Waals surface area contributed by atoms with Gasteiger partial charge in [-0.25, -0.2) is 4.98 Å². The van der Waals surface area contributed by atoms with Crippen molar-refractivity contribution in [3.63, 3.8) is 0 Å². The fourth-order valence-corrected chi connectivity index (χ4v) is 2.84. The van der Waals surface area contributed by atoms with Gasteiger partial charge >= 0.3 is 0 Å². The van der Waals surface area contributed by atoms with Gasteiger partial charge in [0, 0.05) is 28.7 Å². The Hall–Kier alpha value is -2.27. The summed E-state index contributed by atoms with van der Waals surface area (Å²) in [6.07, 6.45) is 3.93. The van der Waals surface area contributed by atoms with Gasteiger partial charge in [-0.3, -0.25) is 9.20 Å². The molecular weight excluding hydrogens is 246 g/mol. The summed E-state index contributed by atoms with van der Waals surface area (Å²) in [5.74, 6) is 0.515. The molecule has 0 saturated carbocycles. The number of aromatic nitrogens is 3. The topological polar surface area (TPSA) is 47.3 Å². The van der Waals surface area contributed by atoms with E-state index in [-0.39, 0.29) is 5.56 Å². The maximum atomic E-state index is 11.9. The van der Waals surface area contributed by atoms with Gasteiger partial charge in [0.2, 0.25) is 0 Å². The molecule has 0 N–H and O–H groups in total. The fourth-order valence-electron chi connectivity index (χ4n) is 2.15. The molecule has 1 aromatic heterocycles. The average Bonchev–Trinajstić information content (AvgIpc) is 2.84. The molecule has 18 heavy (non-hydrogen) atoms. The summed E-state index contributed by atoms with van der Waals surface area (Å²) in [6.45, 7) is 0. The van der Waals surface area contributed by atoms with Gasteiger partial charge in [-0.05, 0) is 11.5 Å². The van der Waals surface area contributed by atoms with Crippen molar-refractivity contribution in [1.29, 1.82) is 0 Å². The Morgan fingerprint density at radius 1 is 1.11 bits per heavy atom. The zero-order valence-corrected chi connectivity index (χ0v) is 10.0. The second kappa shape index (κ2) is 3.36. The van der Waals surface area contributed by atoms with Crippen molar-refractivity contribution in [3.8, 4) is 11.4 Å². The average molecular weight is 253 g/mol. The zero-order chi connectivity index (χ0) is 12.1. The highest BCUT2D eigenvalue weighted by molar-refractivity contribution is 7.15. The van der Waals surface area contributed by atoms with E-state index >= 15 is 0 Å². The van der Waals surface area contributed by atoms with Crippen LogP contribution in [0.3, 0.4) is 0 Å². The van der Waals surface area contributed by atoms with Crippen LogP contribution in [-0.2, 0) is 0 Å². The van der Waals surface area contributed by atoms with Crippen molar-refractivity contribution in [2.75, 3.05) is 0 Å². The van der Waals surface area contributed by atoms with Gasteiger partial charge in [0.25, 0.3) is 5.56 Å². The number of benzene rings is 1. The Balaban J connectivity index is 2.33. The van der Waals surface area contributed by atoms with E-state index in [1.165, 1.54) is 11.3 Å². The second-order valence-corrected chi connectivity index (χ2v) is 4.91. The molecular formula is C13H7N3OS. The number of pyridine rings is 1. The number of nitrogens with zero attached hydrogens (tertiary/aromatic N) is 3. The van der Waals surface area contributed by atoms with Gasteiger partial charge < -0.3 is 0 Å². The van der Waals surface area contributed by atoms with Crippen LogP contribution in [0, 0.1) is 0 Å². The van der Waals surface area contributed by atoms with E-state index in [1.54, 1.807) is 6.07 Å². The Bertz CT molecular complexity index is 909. The smallest absolute Gasteiger partial charge is 0.279 e. The van der Waals surface area contributed by atoms with Gasteiger partial charge in [0.15, 0.2) is 10.8 Å². The highest BCUT2D eigenvalue weighted by atomic mass is 32.1. The molecule has 0 unspecified atom stereocenters. The molecule has 0 radical (unpaired) electrons. The first-order valence-corrected chi connectivity index (χ1v) is 6.36. The van der Waals surface area contributed by atoms with Crippen LogP contribution in [0.15, 0.2) is 46.8 Å². The van der Waals surface area contributed by atoms with Gasteiger partial charge in [-0.2, -0.15) is 4.98 Å². The van der Waals surface area contributed by atoms with Gasteiger partial charge in [-0.15, -0.1) is 11.3 Å². The van der Waals surface area contributed by atoms with Gasteiger partial charge in [-0.1, -0.05) is 18.2 Å². The molecule has 0 bridgehead atoms. The lowest BCUT2D eigenvalue weighted by molar-refractivity contribution is 1.10. The Morgan fingerprint density at radius 2 is 1.94 bits per heavy atom. The van der Waals surface area contributed by atoms with Crippen molar-refractivity contribution >= 4 is 27.1 Å². The number of fused-ring (bicyclic) bond motifs is 4. The van der Waals surface area contributed by atoms with E-state index in [1.807, 2.05) is 40.4 Å². The molecule has 4 rings (SSSR count). The van der Waals surface area contributed by atoms with Crippen LogP contribution < -0.4 is 5.56 Å². The second-order valence-electron chi connectivity index (χ2n) is 4.03.